The molecule has 0 saturated heterocycles. The number of amides is 1. The third-order valence-electron chi connectivity index (χ3n) is 5.28. The molecule has 1 aromatic carbocycles. The molecule has 1 aliphatic carbocycles. The number of rotatable bonds is 6. The third kappa shape index (κ3) is 3.33. The maximum atomic E-state index is 13.3. The normalized spacial score (nSPS) is 15.0. The van der Waals surface area contributed by atoms with Crippen molar-refractivity contribution in [3.05, 3.63) is 47.8 Å². The van der Waals surface area contributed by atoms with E-state index in [4.69, 9.17) is 10.5 Å². The molecule has 3 aromatic rings. The van der Waals surface area contributed by atoms with Crippen molar-refractivity contribution in [2.24, 2.45) is 0 Å². The van der Waals surface area contributed by atoms with Gasteiger partial charge >= 0.3 is 0 Å². The highest BCUT2D eigenvalue weighted by Gasteiger charge is 2.44. The second kappa shape index (κ2) is 7.24. The van der Waals surface area contributed by atoms with Gasteiger partial charge in [-0.2, -0.15) is 0 Å². The van der Waals surface area contributed by atoms with Crippen LogP contribution in [0.4, 0.5) is 11.5 Å². The summed E-state index contributed by atoms with van der Waals surface area (Å²) in [4.78, 5) is 21.9. The Morgan fingerprint density at radius 1 is 1.31 bits per heavy atom. The van der Waals surface area contributed by atoms with Gasteiger partial charge in [-0.15, -0.1) is 0 Å². The highest BCUT2D eigenvalue weighted by Crippen LogP contribution is 2.50. The van der Waals surface area contributed by atoms with Crippen molar-refractivity contribution in [1.82, 2.24) is 14.5 Å². The summed E-state index contributed by atoms with van der Waals surface area (Å²) in [5, 5.41) is 3.50. The van der Waals surface area contributed by atoms with E-state index >= 15 is 0 Å². The second-order valence-electron chi connectivity index (χ2n) is 7.48. The first-order valence-electron chi connectivity index (χ1n) is 9.80. The molecule has 0 bridgehead atoms. The summed E-state index contributed by atoms with van der Waals surface area (Å²) in [6.45, 7) is 6.43. The predicted molar refractivity (Wildman–Crippen MR) is 115 cm³/mol. The summed E-state index contributed by atoms with van der Waals surface area (Å²) in [5.41, 5.74) is 8.82. The molecule has 0 aliphatic heterocycles. The molecule has 1 saturated carbocycles. The summed E-state index contributed by atoms with van der Waals surface area (Å²) >= 11 is 0. The zero-order valence-corrected chi connectivity index (χ0v) is 16.9. The number of anilines is 2. The molecule has 2 aromatic heterocycles. The van der Waals surface area contributed by atoms with Gasteiger partial charge in [0, 0.05) is 11.2 Å². The van der Waals surface area contributed by atoms with Crippen molar-refractivity contribution < 1.29 is 9.53 Å². The lowest BCUT2D eigenvalue weighted by atomic mass is 10.1. The SMILES string of the molecule is C/C=C/c1ccc(NC(=O)c2c(OCC)n(C3(C)CC3)c3ncnc(N)c23)cc1. The van der Waals surface area contributed by atoms with Crippen LogP contribution in [0, 0.1) is 0 Å². The molecule has 1 amide bonds. The lowest BCUT2D eigenvalue weighted by molar-refractivity contribution is 0.102. The van der Waals surface area contributed by atoms with E-state index in [2.05, 4.69) is 22.2 Å². The highest BCUT2D eigenvalue weighted by atomic mass is 16.5. The fourth-order valence-corrected chi connectivity index (χ4v) is 3.57. The van der Waals surface area contributed by atoms with Crippen LogP contribution in [-0.2, 0) is 5.54 Å². The molecular weight excluding hydrogens is 366 g/mol. The molecule has 29 heavy (non-hydrogen) atoms. The Morgan fingerprint density at radius 2 is 2.03 bits per heavy atom. The number of nitrogens with two attached hydrogens (primary N) is 1. The molecular formula is C22H25N5O2. The van der Waals surface area contributed by atoms with Crippen molar-refractivity contribution in [1.29, 1.82) is 0 Å². The van der Waals surface area contributed by atoms with Crippen molar-refractivity contribution in [3.8, 4) is 5.88 Å². The number of aromatic nitrogens is 3. The number of hydrogen-bond donors (Lipinski definition) is 2. The van der Waals surface area contributed by atoms with E-state index in [1.165, 1.54) is 6.33 Å². The summed E-state index contributed by atoms with van der Waals surface area (Å²) in [5.74, 6) is 0.479. The number of hydrogen-bond acceptors (Lipinski definition) is 5. The molecule has 150 valence electrons. The van der Waals surface area contributed by atoms with Gasteiger partial charge in [-0.05, 0) is 51.3 Å². The molecule has 2 heterocycles. The number of allylic oxidation sites excluding steroid dienone is 1. The lowest BCUT2D eigenvalue weighted by Crippen LogP contribution is -2.17. The molecule has 0 atom stereocenters. The standard InChI is InChI=1S/C22H25N5O2/c1-4-6-14-7-9-15(10-8-14)26-20(28)17-16-18(23)24-13-25-19(16)27(21(17)29-5-2)22(3)11-12-22/h4,6-10,13H,5,11-12H2,1-3H3,(H,26,28)(H2,23,24,25)/b6-4+. The van der Waals surface area contributed by atoms with Gasteiger partial charge in [0.05, 0.1) is 12.0 Å². The topological polar surface area (TPSA) is 95.1 Å². The Kier molecular flexibility index (Phi) is 4.74. The maximum absolute atomic E-state index is 13.3. The second-order valence-corrected chi connectivity index (χ2v) is 7.48. The number of carbonyl (C=O) groups excluding carboxylic acids is 1. The first-order chi connectivity index (χ1) is 14.0. The fraction of sp³-hybridized carbons (Fsp3) is 0.318. The fourth-order valence-electron chi connectivity index (χ4n) is 3.57. The number of ether oxygens (including phenoxy) is 1. The minimum atomic E-state index is -0.290. The van der Waals surface area contributed by atoms with E-state index in [-0.39, 0.29) is 17.3 Å². The number of nitrogens with one attached hydrogen (secondary N) is 1. The first-order valence-corrected chi connectivity index (χ1v) is 9.80. The summed E-state index contributed by atoms with van der Waals surface area (Å²) in [6.07, 6.45) is 7.39. The van der Waals surface area contributed by atoms with E-state index in [0.29, 0.717) is 34.8 Å². The minimum Gasteiger partial charge on any atom is -0.478 e. The van der Waals surface area contributed by atoms with Gasteiger partial charge in [-0.1, -0.05) is 24.3 Å². The van der Waals surface area contributed by atoms with Crippen LogP contribution >= 0.6 is 0 Å². The molecule has 0 unspecified atom stereocenters. The Balaban J connectivity index is 1.81. The van der Waals surface area contributed by atoms with Crippen molar-refractivity contribution >= 4 is 34.5 Å². The number of fused-ring (bicyclic) bond motifs is 1. The molecule has 0 spiro atoms. The molecule has 7 nitrogen and oxygen atoms in total. The van der Waals surface area contributed by atoms with Crippen molar-refractivity contribution in [2.45, 2.75) is 39.2 Å². The zero-order chi connectivity index (χ0) is 20.6. The van der Waals surface area contributed by atoms with Crippen molar-refractivity contribution in [2.75, 3.05) is 17.7 Å². The third-order valence-corrected chi connectivity index (χ3v) is 5.28. The number of carbonyl (C=O) groups is 1. The van der Waals surface area contributed by atoms with Crippen LogP contribution in [0.1, 0.15) is 49.5 Å². The molecule has 1 aliphatic rings. The van der Waals surface area contributed by atoms with Gasteiger partial charge in [-0.25, -0.2) is 9.97 Å². The molecule has 3 N–H and O–H groups in total. The van der Waals surface area contributed by atoms with E-state index < -0.39 is 0 Å². The van der Waals surface area contributed by atoms with Gasteiger partial charge in [0.25, 0.3) is 5.91 Å². The molecule has 4 rings (SSSR count). The number of nitrogen functional groups attached to an aromatic ring is 1. The Bertz CT molecular complexity index is 1090. The zero-order valence-electron chi connectivity index (χ0n) is 16.9. The predicted octanol–water partition coefficient (Wildman–Crippen LogP) is 4.21. The van der Waals surface area contributed by atoms with Crippen LogP contribution in [-0.4, -0.2) is 27.0 Å². The van der Waals surface area contributed by atoms with E-state index in [1.807, 2.05) is 54.8 Å². The quantitative estimate of drug-likeness (QED) is 0.656. The lowest BCUT2D eigenvalue weighted by Gasteiger charge is -2.17. The summed E-state index contributed by atoms with van der Waals surface area (Å²) in [7, 11) is 0. The molecule has 1 fully saturated rings. The molecule has 0 radical (unpaired) electrons. The first kappa shape index (κ1) is 19.0. The van der Waals surface area contributed by atoms with Crippen molar-refractivity contribution in [3.63, 3.8) is 0 Å². The van der Waals surface area contributed by atoms with Gasteiger partial charge in [0.1, 0.15) is 23.4 Å². The Morgan fingerprint density at radius 3 is 2.66 bits per heavy atom. The van der Waals surface area contributed by atoms with Crippen LogP contribution in [0.5, 0.6) is 5.88 Å². The Hall–Kier alpha value is -3.35. The number of benzene rings is 1. The van der Waals surface area contributed by atoms with Crippen LogP contribution in [0.3, 0.4) is 0 Å². The smallest absolute Gasteiger partial charge is 0.261 e. The summed E-state index contributed by atoms with van der Waals surface area (Å²) < 4.78 is 7.96. The van der Waals surface area contributed by atoms with Gasteiger partial charge < -0.3 is 15.8 Å². The summed E-state index contributed by atoms with van der Waals surface area (Å²) in [6, 6.07) is 7.64. The van der Waals surface area contributed by atoms with Gasteiger partial charge in [0.15, 0.2) is 0 Å². The van der Waals surface area contributed by atoms with Crippen LogP contribution in [0.25, 0.3) is 17.1 Å². The van der Waals surface area contributed by atoms with E-state index in [1.54, 1.807) is 0 Å². The minimum absolute atomic E-state index is 0.129. The van der Waals surface area contributed by atoms with E-state index in [0.717, 1.165) is 18.4 Å². The van der Waals surface area contributed by atoms with Crippen LogP contribution in [0.2, 0.25) is 0 Å². The maximum Gasteiger partial charge on any atom is 0.261 e. The Labute approximate surface area is 169 Å². The number of nitrogens with zero attached hydrogens (tertiary/aromatic N) is 3. The average Bonchev–Trinajstić information content (AvgIpc) is 3.34. The van der Waals surface area contributed by atoms with Gasteiger partial charge in [-0.3, -0.25) is 9.36 Å². The highest BCUT2D eigenvalue weighted by molar-refractivity contribution is 6.17. The average molecular weight is 391 g/mol. The van der Waals surface area contributed by atoms with Gasteiger partial charge in [0.2, 0.25) is 5.88 Å². The monoisotopic (exact) mass is 391 g/mol. The molecule has 7 heteroatoms. The van der Waals surface area contributed by atoms with Crippen LogP contribution in [0.15, 0.2) is 36.7 Å². The largest absolute Gasteiger partial charge is 0.478 e. The van der Waals surface area contributed by atoms with Crippen LogP contribution < -0.4 is 15.8 Å². The van der Waals surface area contributed by atoms with E-state index in [9.17, 15) is 4.79 Å².